The van der Waals surface area contributed by atoms with Crippen molar-refractivity contribution >= 4 is 41.5 Å². The van der Waals surface area contributed by atoms with E-state index in [4.69, 9.17) is 25.8 Å². The third-order valence-corrected chi connectivity index (χ3v) is 4.08. The van der Waals surface area contributed by atoms with Gasteiger partial charge in [0.05, 0.1) is 21.3 Å². The van der Waals surface area contributed by atoms with Gasteiger partial charge in [-0.25, -0.2) is 0 Å². The van der Waals surface area contributed by atoms with Crippen molar-refractivity contribution in [2.24, 2.45) is 4.99 Å². The van der Waals surface area contributed by atoms with E-state index in [9.17, 15) is 0 Å². The average Bonchev–Trinajstić information content (AvgIpc) is 2.68. The molecule has 0 heterocycles. The standard InChI is InChI=1S/C19H24ClN3O3.HI/c1-21-19(22-11-13-5-7-15(20)8-6-13)23-12-14-9-17(25-3)18(26-4)10-16(14)24-2;/h5-10H,11-12H2,1-4H3,(H2,21,22,23);1H. The Hall–Kier alpha value is -1.87. The van der Waals surface area contributed by atoms with Crippen LogP contribution in [0.5, 0.6) is 17.2 Å². The second kappa shape index (κ2) is 11.8. The topological polar surface area (TPSA) is 64.1 Å². The van der Waals surface area contributed by atoms with Gasteiger partial charge in [-0.3, -0.25) is 4.99 Å². The summed E-state index contributed by atoms with van der Waals surface area (Å²) in [7, 11) is 6.55. The highest BCUT2D eigenvalue weighted by atomic mass is 127. The molecule has 0 aliphatic heterocycles. The SMILES string of the molecule is CN=C(NCc1ccc(Cl)cc1)NCc1cc(OC)c(OC)cc1OC.I. The molecule has 2 N–H and O–H groups in total. The van der Waals surface area contributed by atoms with Crippen molar-refractivity contribution in [2.45, 2.75) is 13.1 Å². The normalized spacial score (nSPS) is 10.6. The molecular weight excluding hydrogens is 481 g/mol. The van der Waals surface area contributed by atoms with Gasteiger partial charge in [-0.15, -0.1) is 24.0 Å². The Morgan fingerprint density at radius 1 is 0.889 bits per heavy atom. The fourth-order valence-electron chi connectivity index (χ4n) is 2.42. The van der Waals surface area contributed by atoms with E-state index in [1.54, 1.807) is 34.4 Å². The number of methoxy groups -OCH3 is 3. The zero-order chi connectivity index (χ0) is 18.9. The number of ether oxygens (including phenoxy) is 3. The van der Waals surface area contributed by atoms with Crippen molar-refractivity contribution in [2.75, 3.05) is 28.4 Å². The molecule has 0 saturated carbocycles. The van der Waals surface area contributed by atoms with E-state index in [0.717, 1.165) is 16.1 Å². The third kappa shape index (κ3) is 6.66. The number of nitrogens with one attached hydrogen (secondary N) is 2. The molecule has 0 bridgehead atoms. The molecule has 0 amide bonds. The van der Waals surface area contributed by atoms with Crippen LogP contribution in [0.1, 0.15) is 11.1 Å². The average molecular weight is 506 g/mol. The molecule has 0 saturated heterocycles. The molecule has 0 atom stereocenters. The summed E-state index contributed by atoms with van der Waals surface area (Å²) in [5.74, 6) is 2.66. The molecule has 27 heavy (non-hydrogen) atoms. The predicted molar refractivity (Wildman–Crippen MR) is 120 cm³/mol. The first kappa shape index (κ1) is 23.2. The van der Waals surface area contributed by atoms with Crippen LogP contribution in [0.25, 0.3) is 0 Å². The lowest BCUT2D eigenvalue weighted by molar-refractivity contribution is 0.347. The van der Waals surface area contributed by atoms with Crippen molar-refractivity contribution in [1.82, 2.24) is 10.6 Å². The molecule has 2 aromatic carbocycles. The summed E-state index contributed by atoms with van der Waals surface area (Å²) in [6.07, 6.45) is 0. The van der Waals surface area contributed by atoms with Gasteiger partial charge in [-0.1, -0.05) is 23.7 Å². The minimum absolute atomic E-state index is 0. The van der Waals surface area contributed by atoms with Gasteiger partial charge in [0.15, 0.2) is 17.5 Å². The molecule has 6 nitrogen and oxygen atoms in total. The maximum atomic E-state index is 5.91. The fraction of sp³-hybridized carbons (Fsp3) is 0.316. The quantitative estimate of drug-likeness (QED) is 0.340. The Bertz CT molecular complexity index is 755. The number of guanidine groups is 1. The van der Waals surface area contributed by atoms with E-state index in [1.807, 2.05) is 30.3 Å². The Morgan fingerprint density at radius 3 is 2.00 bits per heavy atom. The van der Waals surface area contributed by atoms with Gasteiger partial charge < -0.3 is 24.8 Å². The molecule has 0 aromatic heterocycles. The molecule has 0 aliphatic carbocycles. The summed E-state index contributed by atoms with van der Waals surface area (Å²) in [5.41, 5.74) is 2.04. The molecule has 2 rings (SSSR count). The first-order valence-electron chi connectivity index (χ1n) is 8.09. The van der Waals surface area contributed by atoms with Crippen molar-refractivity contribution in [3.05, 3.63) is 52.5 Å². The van der Waals surface area contributed by atoms with E-state index >= 15 is 0 Å². The van der Waals surface area contributed by atoms with Crippen LogP contribution in [0.15, 0.2) is 41.4 Å². The minimum atomic E-state index is 0. The van der Waals surface area contributed by atoms with Gasteiger partial charge in [0.25, 0.3) is 0 Å². The second-order valence-electron chi connectivity index (χ2n) is 5.42. The van der Waals surface area contributed by atoms with Gasteiger partial charge in [-0.05, 0) is 23.8 Å². The van der Waals surface area contributed by atoms with E-state index in [2.05, 4.69) is 15.6 Å². The molecule has 0 fully saturated rings. The van der Waals surface area contributed by atoms with Gasteiger partial charge in [0, 0.05) is 36.8 Å². The number of nitrogens with zero attached hydrogens (tertiary/aromatic N) is 1. The lowest BCUT2D eigenvalue weighted by Crippen LogP contribution is -2.36. The highest BCUT2D eigenvalue weighted by molar-refractivity contribution is 14.0. The predicted octanol–water partition coefficient (Wildman–Crippen LogP) is 3.85. The van der Waals surface area contributed by atoms with E-state index in [1.165, 1.54) is 0 Å². The third-order valence-electron chi connectivity index (χ3n) is 3.83. The number of hydrogen-bond acceptors (Lipinski definition) is 4. The van der Waals surface area contributed by atoms with Crippen LogP contribution in [0, 0.1) is 0 Å². The van der Waals surface area contributed by atoms with Crippen LogP contribution in [0.3, 0.4) is 0 Å². The zero-order valence-electron chi connectivity index (χ0n) is 15.8. The smallest absolute Gasteiger partial charge is 0.191 e. The highest BCUT2D eigenvalue weighted by Gasteiger charge is 2.12. The molecule has 0 unspecified atom stereocenters. The summed E-state index contributed by atoms with van der Waals surface area (Å²) in [5, 5.41) is 7.25. The lowest BCUT2D eigenvalue weighted by Gasteiger charge is -2.16. The van der Waals surface area contributed by atoms with Crippen LogP contribution in [-0.4, -0.2) is 34.3 Å². The van der Waals surface area contributed by atoms with Crippen molar-refractivity contribution in [1.29, 1.82) is 0 Å². The summed E-state index contributed by atoms with van der Waals surface area (Å²) >= 11 is 5.91. The summed E-state index contributed by atoms with van der Waals surface area (Å²) in [6, 6.07) is 11.4. The molecule has 0 spiro atoms. The van der Waals surface area contributed by atoms with Crippen molar-refractivity contribution in [3.63, 3.8) is 0 Å². The summed E-state index contributed by atoms with van der Waals surface area (Å²) in [4.78, 5) is 4.24. The Morgan fingerprint density at radius 2 is 1.44 bits per heavy atom. The Kier molecular flexibility index (Phi) is 10.1. The van der Waals surface area contributed by atoms with Crippen LogP contribution in [0.4, 0.5) is 0 Å². The number of benzene rings is 2. The number of aliphatic imine (C=N–C) groups is 1. The first-order chi connectivity index (χ1) is 12.6. The van der Waals surface area contributed by atoms with Gasteiger partial charge >= 0.3 is 0 Å². The molecule has 8 heteroatoms. The first-order valence-corrected chi connectivity index (χ1v) is 8.47. The largest absolute Gasteiger partial charge is 0.496 e. The second-order valence-corrected chi connectivity index (χ2v) is 5.86. The molecule has 2 aromatic rings. The van der Waals surface area contributed by atoms with Gasteiger partial charge in [-0.2, -0.15) is 0 Å². The van der Waals surface area contributed by atoms with Crippen LogP contribution in [-0.2, 0) is 13.1 Å². The van der Waals surface area contributed by atoms with Gasteiger partial charge in [0.1, 0.15) is 5.75 Å². The van der Waals surface area contributed by atoms with E-state index in [-0.39, 0.29) is 24.0 Å². The molecule has 0 radical (unpaired) electrons. The molecule has 0 aliphatic rings. The maximum Gasteiger partial charge on any atom is 0.191 e. The molecular formula is C19H25ClIN3O3. The summed E-state index contributed by atoms with van der Waals surface area (Å²) < 4.78 is 16.1. The number of rotatable bonds is 7. The number of hydrogen-bond donors (Lipinski definition) is 2. The zero-order valence-corrected chi connectivity index (χ0v) is 18.9. The lowest BCUT2D eigenvalue weighted by atomic mass is 10.1. The molecule has 148 valence electrons. The summed E-state index contributed by atoms with van der Waals surface area (Å²) in [6.45, 7) is 1.16. The minimum Gasteiger partial charge on any atom is -0.496 e. The number of halogens is 2. The maximum absolute atomic E-state index is 5.91. The van der Waals surface area contributed by atoms with E-state index in [0.29, 0.717) is 36.3 Å². The van der Waals surface area contributed by atoms with Crippen molar-refractivity contribution in [3.8, 4) is 17.2 Å². The Balaban J connectivity index is 0.00000364. The van der Waals surface area contributed by atoms with E-state index < -0.39 is 0 Å². The van der Waals surface area contributed by atoms with Crippen LogP contribution in [0.2, 0.25) is 5.02 Å². The van der Waals surface area contributed by atoms with Crippen LogP contribution < -0.4 is 24.8 Å². The monoisotopic (exact) mass is 505 g/mol. The van der Waals surface area contributed by atoms with Crippen LogP contribution >= 0.6 is 35.6 Å². The highest BCUT2D eigenvalue weighted by Crippen LogP contribution is 2.34. The Labute approximate surface area is 182 Å². The fourth-order valence-corrected chi connectivity index (χ4v) is 2.54. The van der Waals surface area contributed by atoms with Gasteiger partial charge in [0.2, 0.25) is 0 Å². The van der Waals surface area contributed by atoms with Crippen molar-refractivity contribution < 1.29 is 14.2 Å².